The molecule has 1 aliphatic rings. The van der Waals surface area contributed by atoms with Crippen LogP contribution in [-0.2, 0) is 11.0 Å². The monoisotopic (exact) mass is 439 g/mol. The number of hydrogen-bond acceptors (Lipinski definition) is 2. The number of hydrogen-bond donors (Lipinski definition) is 3. The summed E-state index contributed by atoms with van der Waals surface area (Å²) in [4.78, 5) is 24.5. The van der Waals surface area contributed by atoms with Crippen LogP contribution in [0.3, 0.4) is 0 Å². The van der Waals surface area contributed by atoms with Gasteiger partial charge in [0.25, 0.3) is 0 Å². The lowest BCUT2D eigenvalue weighted by molar-refractivity contribution is -0.137. The smallest absolute Gasteiger partial charge is 0.326 e. The average molecular weight is 439 g/mol. The molecule has 4 rings (SSSR count). The van der Waals surface area contributed by atoms with E-state index in [-0.39, 0.29) is 23.8 Å². The number of para-hydroxylation sites is 1. The summed E-state index contributed by atoms with van der Waals surface area (Å²) < 4.78 is 38.1. The third-order valence-corrected chi connectivity index (χ3v) is 5.24. The second-order valence-electron chi connectivity index (χ2n) is 7.58. The molecule has 1 aliphatic carbocycles. The van der Waals surface area contributed by atoms with Crippen LogP contribution >= 0.6 is 0 Å². The van der Waals surface area contributed by atoms with Gasteiger partial charge in [-0.1, -0.05) is 30.3 Å². The molecule has 3 aromatic rings. The molecule has 1 saturated carbocycles. The molecule has 2 atom stereocenters. The highest BCUT2D eigenvalue weighted by Crippen LogP contribution is 2.48. The van der Waals surface area contributed by atoms with E-state index in [2.05, 4.69) is 16.0 Å². The normalized spacial score (nSPS) is 17.3. The van der Waals surface area contributed by atoms with E-state index in [1.54, 1.807) is 36.4 Å². The lowest BCUT2D eigenvalue weighted by Crippen LogP contribution is -2.19. The van der Waals surface area contributed by atoms with Gasteiger partial charge in [0.05, 0.1) is 5.56 Å². The van der Waals surface area contributed by atoms with Crippen LogP contribution in [0, 0.1) is 5.92 Å². The molecule has 0 spiro atoms. The zero-order valence-electron chi connectivity index (χ0n) is 16.8. The van der Waals surface area contributed by atoms with Crippen molar-refractivity contribution in [2.24, 2.45) is 5.92 Å². The number of anilines is 3. The van der Waals surface area contributed by atoms with Crippen LogP contribution in [0.1, 0.15) is 23.5 Å². The van der Waals surface area contributed by atoms with Gasteiger partial charge in [0, 0.05) is 23.0 Å². The van der Waals surface area contributed by atoms with Crippen molar-refractivity contribution in [1.82, 2.24) is 0 Å². The van der Waals surface area contributed by atoms with Crippen LogP contribution in [0.2, 0.25) is 0 Å². The third kappa shape index (κ3) is 5.26. The van der Waals surface area contributed by atoms with Crippen molar-refractivity contribution in [2.45, 2.75) is 18.5 Å². The van der Waals surface area contributed by atoms with Crippen LogP contribution < -0.4 is 16.0 Å². The van der Waals surface area contributed by atoms with E-state index in [9.17, 15) is 22.8 Å². The van der Waals surface area contributed by atoms with Crippen LogP contribution in [-0.4, -0.2) is 11.9 Å². The lowest BCUT2D eigenvalue weighted by atomic mass is 10.1. The number of urea groups is 1. The maximum atomic E-state index is 12.7. The van der Waals surface area contributed by atoms with Crippen molar-refractivity contribution in [2.75, 3.05) is 16.0 Å². The topological polar surface area (TPSA) is 70.2 Å². The molecule has 0 aliphatic heterocycles. The number of rotatable bonds is 5. The largest absolute Gasteiger partial charge is 0.416 e. The van der Waals surface area contributed by atoms with E-state index in [1.165, 1.54) is 12.1 Å². The fourth-order valence-electron chi connectivity index (χ4n) is 3.46. The highest BCUT2D eigenvalue weighted by molar-refractivity contribution is 6.00. The Bertz CT molecular complexity index is 1100. The van der Waals surface area contributed by atoms with Crippen molar-refractivity contribution in [3.8, 4) is 0 Å². The Balaban J connectivity index is 1.28. The van der Waals surface area contributed by atoms with E-state index in [1.807, 2.05) is 18.2 Å². The number of amides is 3. The first kappa shape index (κ1) is 21.4. The predicted molar refractivity (Wildman–Crippen MR) is 116 cm³/mol. The van der Waals surface area contributed by atoms with Crippen LogP contribution in [0.5, 0.6) is 0 Å². The summed E-state index contributed by atoms with van der Waals surface area (Å²) in [6.07, 6.45) is -3.78. The van der Waals surface area contributed by atoms with Gasteiger partial charge in [-0.2, -0.15) is 13.2 Å². The Morgan fingerprint density at radius 3 is 1.81 bits per heavy atom. The Labute approximate surface area is 182 Å². The summed E-state index contributed by atoms with van der Waals surface area (Å²) in [5, 5.41) is 8.23. The number of benzene rings is 3. The molecule has 3 N–H and O–H groups in total. The van der Waals surface area contributed by atoms with Gasteiger partial charge in [-0.3, -0.25) is 4.79 Å². The molecule has 0 radical (unpaired) electrons. The fraction of sp³-hybridized carbons (Fsp3) is 0.167. The zero-order chi connectivity index (χ0) is 22.7. The van der Waals surface area contributed by atoms with Gasteiger partial charge in [0.15, 0.2) is 0 Å². The van der Waals surface area contributed by atoms with Gasteiger partial charge in [-0.25, -0.2) is 4.79 Å². The molecular weight excluding hydrogens is 419 g/mol. The van der Waals surface area contributed by atoms with E-state index in [4.69, 9.17) is 0 Å². The third-order valence-electron chi connectivity index (χ3n) is 5.24. The van der Waals surface area contributed by atoms with Crippen LogP contribution in [0.25, 0.3) is 0 Å². The number of alkyl halides is 3. The second kappa shape index (κ2) is 8.74. The standard InChI is InChI=1S/C24H20F3N3O2/c25-24(26,27)16-8-6-15(7-9-16)20-14-21(20)22(31)28-18-10-12-19(13-11-18)30-23(32)29-17-4-2-1-3-5-17/h1-13,20-21H,14H2,(H,28,31)(H2,29,30,32). The summed E-state index contributed by atoms with van der Waals surface area (Å²) in [5.41, 5.74) is 1.82. The maximum Gasteiger partial charge on any atom is 0.416 e. The Morgan fingerprint density at radius 2 is 1.25 bits per heavy atom. The van der Waals surface area contributed by atoms with Crippen LogP contribution in [0.4, 0.5) is 35.0 Å². The second-order valence-corrected chi connectivity index (χ2v) is 7.58. The summed E-state index contributed by atoms with van der Waals surface area (Å²) in [6.45, 7) is 0. The minimum Gasteiger partial charge on any atom is -0.326 e. The zero-order valence-corrected chi connectivity index (χ0v) is 16.8. The maximum absolute atomic E-state index is 12.7. The summed E-state index contributed by atoms with van der Waals surface area (Å²) in [5.74, 6) is -0.543. The number of nitrogens with one attached hydrogen (secondary N) is 3. The van der Waals surface area contributed by atoms with Gasteiger partial charge >= 0.3 is 12.2 Å². The van der Waals surface area contributed by atoms with E-state index in [0.717, 1.165) is 17.7 Å². The van der Waals surface area contributed by atoms with Crippen molar-refractivity contribution in [3.63, 3.8) is 0 Å². The minimum absolute atomic E-state index is 0.0834. The van der Waals surface area contributed by atoms with Gasteiger partial charge in [-0.15, -0.1) is 0 Å². The van der Waals surface area contributed by atoms with Crippen LogP contribution in [0.15, 0.2) is 78.9 Å². The molecule has 2 unspecified atom stereocenters. The first-order valence-electron chi connectivity index (χ1n) is 10.0. The Hall–Kier alpha value is -3.81. The summed E-state index contributed by atoms with van der Waals surface area (Å²) in [6, 6.07) is 20.3. The first-order chi connectivity index (χ1) is 15.3. The van der Waals surface area contributed by atoms with Crippen molar-refractivity contribution < 1.29 is 22.8 Å². The molecule has 0 aromatic heterocycles. The molecule has 5 nitrogen and oxygen atoms in total. The van der Waals surface area contributed by atoms with Crippen molar-refractivity contribution >= 4 is 29.0 Å². The molecule has 8 heteroatoms. The van der Waals surface area contributed by atoms with E-state index >= 15 is 0 Å². The number of halogens is 3. The molecule has 32 heavy (non-hydrogen) atoms. The van der Waals surface area contributed by atoms with E-state index < -0.39 is 11.7 Å². The minimum atomic E-state index is -4.37. The first-order valence-corrected chi connectivity index (χ1v) is 10.0. The molecule has 3 aromatic carbocycles. The number of carbonyl (C=O) groups excluding carboxylic acids is 2. The molecule has 3 amide bonds. The number of carbonyl (C=O) groups is 2. The average Bonchev–Trinajstić information content (AvgIpc) is 3.56. The molecule has 0 saturated heterocycles. The van der Waals surface area contributed by atoms with Crippen molar-refractivity contribution in [1.29, 1.82) is 0 Å². The quantitative estimate of drug-likeness (QED) is 0.450. The molecule has 0 heterocycles. The molecular formula is C24H20F3N3O2. The summed E-state index contributed by atoms with van der Waals surface area (Å²) >= 11 is 0. The fourth-order valence-corrected chi connectivity index (χ4v) is 3.46. The lowest BCUT2D eigenvalue weighted by Gasteiger charge is -2.09. The highest BCUT2D eigenvalue weighted by Gasteiger charge is 2.44. The van der Waals surface area contributed by atoms with E-state index in [0.29, 0.717) is 23.5 Å². The van der Waals surface area contributed by atoms with Gasteiger partial charge in [0.2, 0.25) is 5.91 Å². The van der Waals surface area contributed by atoms with Gasteiger partial charge in [-0.05, 0) is 66.4 Å². The Morgan fingerprint density at radius 1 is 0.719 bits per heavy atom. The Kier molecular flexibility index (Phi) is 5.85. The highest BCUT2D eigenvalue weighted by atomic mass is 19.4. The SMILES string of the molecule is O=C(Nc1ccccc1)Nc1ccc(NC(=O)C2CC2c2ccc(C(F)(F)F)cc2)cc1. The van der Waals surface area contributed by atoms with Gasteiger partial charge in [0.1, 0.15) is 0 Å². The molecule has 164 valence electrons. The molecule has 1 fully saturated rings. The van der Waals surface area contributed by atoms with Gasteiger partial charge < -0.3 is 16.0 Å². The molecule has 0 bridgehead atoms. The van der Waals surface area contributed by atoms with Crippen molar-refractivity contribution in [3.05, 3.63) is 90.0 Å². The summed E-state index contributed by atoms with van der Waals surface area (Å²) in [7, 11) is 0. The predicted octanol–water partition coefficient (Wildman–Crippen LogP) is 6.09.